The van der Waals surface area contributed by atoms with Crippen LogP contribution in [0.25, 0.3) is 11.1 Å². The van der Waals surface area contributed by atoms with Crippen LogP contribution in [0.4, 0.5) is 0 Å². The molecular formula is C13H10N2O. The van der Waals surface area contributed by atoms with Gasteiger partial charge in [-0.1, -0.05) is 42.5 Å². The third-order valence-electron chi connectivity index (χ3n) is 2.75. The number of fused-ring (bicyclic) bond motifs is 1. The van der Waals surface area contributed by atoms with Gasteiger partial charge in [-0.15, -0.1) is 0 Å². The largest absolute Gasteiger partial charge is 0.273 e. The number of nitrogens with zero attached hydrogens (tertiary/aromatic N) is 1. The number of carbonyl (C=O) groups is 1. The molecule has 0 atom stereocenters. The minimum absolute atomic E-state index is 0.0374. The van der Waals surface area contributed by atoms with E-state index in [2.05, 4.69) is 28.7 Å². The van der Waals surface area contributed by atoms with Gasteiger partial charge in [-0.25, -0.2) is 5.43 Å². The van der Waals surface area contributed by atoms with Crippen molar-refractivity contribution < 1.29 is 4.79 Å². The Morgan fingerprint density at radius 1 is 1.00 bits per heavy atom. The fourth-order valence-electron chi connectivity index (χ4n) is 1.98. The first-order chi connectivity index (χ1) is 7.84. The molecule has 1 amide bonds. The SMILES string of the molecule is O=C1CC(c2ccc3cccccc2-3)=NN1. The molecule has 3 rings (SSSR count). The first-order valence-corrected chi connectivity index (χ1v) is 5.18. The van der Waals surface area contributed by atoms with Crippen LogP contribution in [-0.4, -0.2) is 11.6 Å². The van der Waals surface area contributed by atoms with Gasteiger partial charge in [0.25, 0.3) is 0 Å². The molecule has 1 heterocycles. The molecular weight excluding hydrogens is 200 g/mol. The van der Waals surface area contributed by atoms with Gasteiger partial charge in [0, 0.05) is 5.56 Å². The van der Waals surface area contributed by atoms with Gasteiger partial charge in [0.05, 0.1) is 12.1 Å². The Hall–Kier alpha value is -2.16. The van der Waals surface area contributed by atoms with Crippen LogP contribution in [-0.2, 0) is 4.79 Å². The molecule has 0 saturated carbocycles. The molecule has 16 heavy (non-hydrogen) atoms. The monoisotopic (exact) mass is 210 g/mol. The molecule has 3 nitrogen and oxygen atoms in total. The lowest BCUT2D eigenvalue weighted by atomic mass is 10.0. The molecule has 1 aliphatic heterocycles. The minimum Gasteiger partial charge on any atom is -0.273 e. The molecule has 78 valence electrons. The van der Waals surface area contributed by atoms with Crippen LogP contribution in [0.1, 0.15) is 12.0 Å². The van der Waals surface area contributed by atoms with Crippen molar-refractivity contribution in [3.63, 3.8) is 0 Å². The van der Waals surface area contributed by atoms with Gasteiger partial charge in [-0.2, -0.15) is 5.10 Å². The molecule has 3 aliphatic rings. The summed E-state index contributed by atoms with van der Waals surface area (Å²) in [5, 5.41) is 4.05. The lowest BCUT2D eigenvalue weighted by Crippen LogP contribution is -2.09. The average Bonchev–Trinajstić information content (AvgIpc) is 2.79. The van der Waals surface area contributed by atoms with Crippen LogP contribution in [0.15, 0.2) is 47.6 Å². The van der Waals surface area contributed by atoms with E-state index in [1.165, 1.54) is 5.56 Å². The van der Waals surface area contributed by atoms with Crippen molar-refractivity contribution in [2.24, 2.45) is 5.10 Å². The van der Waals surface area contributed by atoms with Gasteiger partial charge in [0.15, 0.2) is 0 Å². The summed E-state index contributed by atoms with van der Waals surface area (Å²) in [4.78, 5) is 11.1. The average molecular weight is 210 g/mol. The first kappa shape index (κ1) is 9.09. The Morgan fingerprint density at radius 3 is 2.69 bits per heavy atom. The number of hydrazone groups is 1. The molecule has 0 saturated heterocycles. The Bertz CT molecular complexity index is 560. The van der Waals surface area contributed by atoms with E-state index in [1.807, 2.05) is 24.3 Å². The zero-order valence-electron chi connectivity index (χ0n) is 8.60. The number of carbonyl (C=O) groups excluding carboxylic acids is 1. The van der Waals surface area contributed by atoms with Crippen LogP contribution in [0.2, 0.25) is 0 Å². The first-order valence-electron chi connectivity index (χ1n) is 5.18. The minimum atomic E-state index is -0.0374. The fraction of sp³-hybridized carbons (Fsp3) is 0.0769. The third kappa shape index (κ3) is 1.37. The summed E-state index contributed by atoms with van der Waals surface area (Å²) >= 11 is 0. The van der Waals surface area contributed by atoms with E-state index in [4.69, 9.17) is 0 Å². The van der Waals surface area contributed by atoms with E-state index in [9.17, 15) is 4.79 Å². The van der Waals surface area contributed by atoms with E-state index in [1.54, 1.807) is 0 Å². The quantitative estimate of drug-likeness (QED) is 0.768. The Labute approximate surface area is 93.1 Å². The van der Waals surface area contributed by atoms with Crippen LogP contribution >= 0.6 is 0 Å². The van der Waals surface area contributed by atoms with Crippen LogP contribution in [0.5, 0.6) is 0 Å². The topological polar surface area (TPSA) is 41.5 Å². The second-order valence-corrected chi connectivity index (χ2v) is 3.80. The Kier molecular flexibility index (Phi) is 1.96. The molecule has 2 aliphatic carbocycles. The highest BCUT2D eigenvalue weighted by molar-refractivity contribution is 6.16. The second-order valence-electron chi connectivity index (χ2n) is 3.80. The summed E-state index contributed by atoms with van der Waals surface area (Å²) in [5.41, 5.74) is 6.66. The van der Waals surface area contributed by atoms with Gasteiger partial charge in [-0.3, -0.25) is 4.79 Å². The Balaban J connectivity index is 2.11. The predicted molar refractivity (Wildman–Crippen MR) is 62.4 cm³/mol. The van der Waals surface area contributed by atoms with Crippen LogP contribution < -0.4 is 5.43 Å². The molecule has 0 unspecified atom stereocenters. The molecule has 0 spiro atoms. The highest BCUT2D eigenvalue weighted by Crippen LogP contribution is 2.28. The molecule has 0 radical (unpaired) electrons. The summed E-state index contributed by atoms with van der Waals surface area (Å²) in [6.07, 6.45) is 0.373. The van der Waals surface area contributed by atoms with Gasteiger partial charge in [-0.05, 0) is 11.1 Å². The predicted octanol–water partition coefficient (Wildman–Crippen LogP) is 2.02. The van der Waals surface area contributed by atoms with E-state index < -0.39 is 0 Å². The van der Waals surface area contributed by atoms with E-state index in [0.717, 1.165) is 16.8 Å². The third-order valence-corrected chi connectivity index (χ3v) is 2.75. The van der Waals surface area contributed by atoms with Crippen LogP contribution in [0, 0.1) is 0 Å². The second kappa shape index (κ2) is 3.45. The molecule has 0 aromatic rings. The number of amides is 1. The number of hydrogen-bond acceptors (Lipinski definition) is 2. The normalized spacial score (nSPS) is 15.0. The Morgan fingerprint density at radius 2 is 1.88 bits per heavy atom. The summed E-state index contributed by atoms with van der Waals surface area (Å²) in [5.74, 6) is -0.0374. The van der Waals surface area contributed by atoms with Crippen LogP contribution in [0.3, 0.4) is 0 Å². The zero-order valence-corrected chi connectivity index (χ0v) is 8.60. The summed E-state index contributed by atoms with van der Waals surface area (Å²) in [6.45, 7) is 0. The highest BCUT2D eigenvalue weighted by atomic mass is 16.2. The number of hydrogen-bond donors (Lipinski definition) is 1. The lowest BCUT2D eigenvalue weighted by Gasteiger charge is -1.98. The highest BCUT2D eigenvalue weighted by Gasteiger charge is 2.20. The molecule has 0 bridgehead atoms. The van der Waals surface area contributed by atoms with Gasteiger partial charge < -0.3 is 0 Å². The van der Waals surface area contributed by atoms with E-state index in [-0.39, 0.29) is 5.91 Å². The van der Waals surface area contributed by atoms with E-state index in [0.29, 0.717) is 6.42 Å². The fourth-order valence-corrected chi connectivity index (χ4v) is 1.98. The van der Waals surface area contributed by atoms with E-state index >= 15 is 0 Å². The maximum absolute atomic E-state index is 11.1. The smallest absolute Gasteiger partial charge is 0.246 e. The maximum atomic E-state index is 11.1. The summed E-state index contributed by atoms with van der Waals surface area (Å²) < 4.78 is 0. The van der Waals surface area contributed by atoms with Crippen molar-refractivity contribution in [3.8, 4) is 11.1 Å². The standard InChI is InChI=1S/C13H10N2O/c16-13-8-12(14-15-13)11-7-6-9-4-2-1-3-5-10(9)11/h1-7H,8H2,(H,15,16). The molecule has 3 heteroatoms. The molecule has 0 aromatic carbocycles. The van der Waals surface area contributed by atoms with Gasteiger partial charge in [0.2, 0.25) is 5.91 Å². The van der Waals surface area contributed by atoms with Crippen molar-refractivity contribution in [2.45, 2.75) is 6.42 Å². The maximum Gasteiger partial charge on any atom is 0.246 e. The zero-order chi connectivity index (χ0) is 11.0. The van der Waals surface area contributed by atoms with Gasteiger partial charge in [0.1, 0.15) is 0 Å². The van der Waals surface area contributed by atoms with Crippen molar-refractivity contribution in [1.29, 1.82) is 0 Å². The summed E-state index contributed by atoms with van der Waals surface area (Å²) in [6, 6.07) is 14.2. The number of nitrogens with one attached hydrogen (secondary N) is 1. The molecule has 0 aromatic heterocycles. The van der Waals surface area contributed by atoms with Crippen molar-refractivity contribution >= 4 is 11.6 Å². The number of rotatable bonds is 1. The summed E-state index contributed by atoms with van der Waals surface area (Å²) in [7, 11) is 0. The van der Waals surface area contributed by atoms with Gasteiger partial charge >= 0.3 is 0 Å². The van der Waals surface area contributed by atoms with Crippen molar-refractivity contribution in [2.75, 3.05) is 0 Å². The molecule has 1 N–H and O–H groups in total. The lowest BCUT2D eigenvalue weighted by molar-refractivity contribution is -0.119. The molecule has 0 fully saturated rings. The van der Waals surface area contributed by atoms with Crippen molar-refractivity contribution in [1.82, 2.24) is 5.43 Å². The van der Waals surface area contributed by atoms with Crippen molar-refractivity contribution in [3.05, 3.63) is 48.0 Å².